The van der Waals surface area contributed by atoms with Gasteiger partial charge in [0.2, 0.25) is 5.91 Å². The first kappa shape index (κ1) is 14.5. The number of amides is 1. The largest absolute Gasteiger partial charge is 0.339 e. The van der Waals surface area contributed by atoms with Crippen LogP contribution in [0.2, 0.25) is 0 Å². The molecule has 100 valence electrons. The van der Waals surface area contributed by atoms with Crippen LogP contribution in [0.5, 0.6) is 0 Å². The number of nitrogens with two attached hydrogens (primary N) is 1. The fourth-order valence-electron chi connectivity index (χ4n) is 2.93. The van der Waals surface area contributed by atoms with Gasteiger partial charge >= 0.3 is 0 Å². The van der Waals surface area contributed by atoms with Crippen LogP contribution in [-0.2, 0) is 4.79 Å². The minimum Gasteiger partial charge on any atom is -0.339 e. The molecule has 1 unspecified atom stereocenters. The van der Waals surface area contributed by atoms with Crippen molar-refractivity contribution in [1.82, 2.24) is 4.90 Å². The number of carbonyl (C=O) groups is 1. The van der Waals surface area contributed by atoms with Gasteiger partial charge in [-0.3, -0.25) is 4.79 Å². The molecule has 0 aromatic heterocycles. The molecule has 17 heavy (non-hydrogen) atoms. The van der Waals surface area contributed by atoms with E-state index in [1.807, 2.05) is 0 Å². The molecule has 1 aliphatic heterocycles. The second kappa shape index (κ2) is 6.39. The number of nitrogens with zero attached hydrogens (tertiary/aromatic N) is 1. The van der Waals surface area contributed by atoms with Gasteiger partial charge in [0.15, 0.2) is 0 Å². The molecule has 1 atom stereocenters. The number of likely N-dealkylation sites (tertiary alicyclic amines) is 1. The second-order valence-electron chi connectivity index (χ2n) is 5.25. The van der Waals surface area contributed by atoms with Crippen molar-refractivity contribution in [2.24, 2.45) is 11.1 Å². The normalized spacial score (nSPS) is 21.6. The predicted molar refractivity (Wildman–Crippen MR) is 71.7 cm³/mol. The topological polar surface area (TPSA) is 46.3 Å². The van der Waals surface area contributed by atoms with E-state index >= 15 is 0 Å². The molecule has 1 fully saturated rings. The molecule has 1 aliphatic rings. The van der Waals surface area contributed by atoms with Crippen LogP contribution in [0.1, 0.15) is 59.3 Å². The third-order valence-electron chi connectivity index (χ3n) is 4.56. The van der Waals surface area contributed by atoms with Crippen molar-refractivity contribution in [2.75, 3.05) is 13.1 Å². The van der Waals surface area contributed by atoms with E-state index in [2.05, 4.69) is 25.7 Å². The van der Waals surface area contributed by atoms with E-state index < -0.39 is 0 Å². The molecule has 1 amide bonds. The van der Waals surface area contributed by atoms with Gasteiger partial charge in [0.1, 0.15) is 0 Å². The summed E-state index contributed by atoms with van der Waals surface area (Å²) in [5.41, 5.74) is 5.56. The lowest BCUT2D eigenvalue weighted by Gasteiger charge is -2.41. The van der Waals surface area contributed by atoms with E-state index in [0.29, 0.717) is 18.5 Å². The van der Waals surface area contributed by atoms with Crippen LogP contribution in [0.15, 0.2) is 0 Å². The molecule has 0 radical (unpaired) electrons. The van der Waals surface area contributed by atoms with Gasteiger partial charge in [-0.05, 0) is 38.5 Å². The Hall–Kier alpha value is -0.570. The van der Waals surface area contributed by atoms with Crippen molar-refractivity contribution in [1.29, 1.82) is 0 Å². The zero-order valence-corrected chi connectivity index (χ0v) is 11.7. The van der Waals surface area contributed by atoms with Gasteiger partial charge in [-0.1, -0.05) is 20.8 Å². The monoisotopic (exact) mass is 240 g/mol. The quantitative estimate of drug-likeness (QED) is 0.802. The van der Waals surface area contributed by atoms with Crippen molar-refractivity contribution in [3.05, 3.63) is 0 Å². The molecular weight excluding hydrogens is 212 g/mol. The van der Waals surface area contributed by atoms with Crippen LogP contribution < -0.4 is 5.73 Å². The molecule has 1 rings (SSSR count). The van der Waals surface area contributed by atoms with Crippen LogP contribution in [0.4, 0.5) is 0 Å². The Kier molecular flexibility index (Phi) is 5.44. The van der Waals surface area contributed by atoms with Crippen LogP contribution in [0.3, 0.4) is 0 Å². The number of hydrogen-bond acceptors (Lipinski definition) is 2. The lowest BCUT2D eigenvalue weighted by molar-refractivity contribution is -0.146. The lowest BCUT2D eigenvalue weighted by atomic mass is 9.80. The van der Waals surface area contributed by atoms with Gasteiger partial charge in [-0.15, -0.1) is 0 Å². The molecule has 0 aromatic rings. The maximum atomic E-state index is 12.7. The highest BCUT2D eigenvalue weighted by molar-refractivity contribution is 5.83. The Morgan fingerprint density at radius 1 is 1.29 bits per heavy atom. The maximum absolute atomic E-state index is 12.7. The third kappa shape index (κ3) is 2.82. The molecule has 0 spiro atoms. The van der Waals surface area contributed by atoms with E-state index in [0.717, 1.165) is 38.6 Å². The van der Waals surface area contributed by atoms with E-state index in [9.17, 15) is 4.79 Å². The summed E-state index contributed by atoms with van der Waals surface area (Å²) < 4.78 is 0. The van der Waals surface area contributed by atoms with E-state index in [4.69, 9.17) is 5.73 Å². The highest BCUT2D eigenvalue weighted by Gasteiger charge is 2.39. The van der Waals surface area contributed by atoms with E-state index in [-0.39, 0.29) is 5.41 Å². The molecule has 0 aliphatic carbocycles. The summed E-state index contributed by atoms with van der Waals surface area (Å²) in [6.07, 6.45) is 6.35. The fourth-order valence-corrected chi connectivity index (χ4v) is 2.93. The second-order valence-corrected chi connectivity index (χ2v) is 5.25. The standard InChI is InChI=1S/C14H28N2O/c1-4-12-9-7-8-10-16(12)13(17)14(5-2,6-3)11-15/h12H,4-11,15H2,1-3H3. The zero-order chi connectivity index (χ0) is 12.9. The summed E-state index contributed by atoms with van der Waals surface area (Å²) >= 11 is 0. The smallest absolute Gasteiger partial charge is 0.230 e. The average Bonchev–Trinajstić information content (AvgIpc) is 2.41. The maximum Gasteiger partial charge on any atom is 0.230 e. The van der Waals surface area contributed by atoms with E-state index in [1.54, 1.807) is 0 Å². The van der Waals surface area contributed by atoms with Crippen molar-refractivity contribution in [2.45, 2.75) is 65.3 Å². The Labute approximate surface area is 106 Å². The minimum atomic E-state index is -0.315. The number of piperidine rings is 1. The fraction of sp³-hybridized carbons (Fsp3) is 0.929. The zero-order valence-electron chi connectivity index (χ0n) is 11.7. The van der Waals surface area contributed by atoms with Gasteiger partial charge in [0.05, 0.1) is 5.41 Å². The van der Waals surface area contributed by atoms with Crippen molar-refractivity contribution >= 4 is 5.91 Å². The average molecular weight is 240 g/mol. The lowest BCUT2D eigenvalue weighted by Crippen LogP contribution is -2.52. The van der Waals surface area contributed by atoms with Gasteiger partial charge < -0.3 is 10.6 Å². The summed E-state index contributed by atoms with van der Waals surface area (Å²) in [7, 11) is 0. The summed E-state index contributed by atoms with van der Waals surface area (Å²) in [6.45, 7) is 7.75. The molecule has 3 heteroatoms. The minimum absolute atomic E-state index is 0.302. The van der Waals surface area contributed by atoms with Gasteiger partial charge in [0, 0.05) is 19.1 Å². The highest BCUT2D eigenvalue weighted by Crippen LogP contribution is 2.31. The molecule has 1 heterocycles. The summed E-state index contributed by atoms with van der Waals surface area (Å²) in [5.74, 6) is 0.302. The van der Waals surface area contributed by atoms with E-state index in [1.165, 1.54) is 6.42 Å². The highest BCUT2D eigenvalue weighted by atomic mass is 16.2. The molecule has 3 nitrogen and oxygen atoms in total. The van der Waals surface area contributed by atoms with Gasteiger partial charge in [-0.25, -0.2) is 0 Å². The van der Waals surface area contributed by atoms with Crippen LogP contribution in [0.25, 0.3) is 0 Å². The van der Waals surface area contributed by atoms with Gasteiger partial charge in [0.25, 0.3) is 0 Å². The summed E-state index contributed by atoms with van der Waals surface area (Å²) in [6, 6.07) is 0.445. The Morgan fingerprint density at radius 2 is 1.94 bits per heavy atom. The Bertz CT molecular complexity index is 240. The van der Waals surface area contributed by atoms with Crippen LogP contribution in [0, 0.1) is 5.41 Å². The Balaban J connectivity index is 2.84. The third-order valence-corrected chi connectivity index (χ3v) is 4.56. The Morgan fingerprint density at radius 3 is 2.41 bits per heavy atom. The van der Waals surface area contributed by atoms with Crippen molar-refractivity contribution < 1.29 is 4.79 Å². The molecular formula is C14H28N2O. The first-order chi connectivity index (χ1) is 8.15. The number of hydrogen-bond donors (Lipinski definition) is 1. The molecule has 0 aromatic carbocycles. The van der Waals surface area contributed by atoms with Gasteiger partial charge in [-0.2, -0.15) is 0 Å². The van der Waals surface area contributed by atoms with Crippen LogP contribution >= 0.6 is 0 Å². The number of rotatable bonds is 5. The first-order valence-corrected chi connectivity index (χ1v) is 7.16. The number of carbonyl (C=O) groups excluding carboxylic acids is 1. The summed E-state index contributed by atoms with van der Waals surface area (Å²) in [5, 5.41) is 0. The van der Waals surface area contributed by atoms with Crippen LogP contribution in [-0.4, -0.2) is 29.9 Å². The SMILES string of the molecule is CCC1CCCCN1C(=O)C(CC)(CC)CN. The van der Waals surface area contributed by atoms with Crippen molar-refractivity contribution in [3.8, 4) is 0 Å². The molecule has 0 bridgehead atoms. The predicted octanol–water partition coefficient (Wildman–Crippen LogP) is 2.54. The molecule has 0 saturated carbocycles. The van der Waals surface area contributed by atoms with Crippen molar-refractivity contribution in [3.63, 3.8) is 0 Å². The molecule has 1 saturated heterocycles. The molecule has 2 N–H and O–H groups in total. The first-order valence-electron chi connectivity index (χ1n) is 7.16. The summed E-state index contributed by atoms with van der Waals surface area (Å²) in [4.78, 5) is 14.8.